The molecule has 0 aliphatic heterocycles. The predicted octanol–water partition coefficient (Wildman–Crippen LogP) is 1.78. The van der Waals surface area contributed by atoms with E-state index < -0.39 is 21.6 Å². The van der Waals surface area contributed by atoms with Crippen LogP contribution in [0, 0.1) is 13.8 Å². The average molecular weight is 270 g/mol. The fourth-order valence-corrected chi connectivity index (χ4v) is 3.06. The minimum absolute atomic E-state index is 0.131. The summed E-state index contributed by atoms with van der Waals surface area (Å²) in [7, 11) is -3.46. The summed E-state index contributed by atoms with van der Waals surface area (Å²) in [6, 6.07) is 5.60. The summed E-state index contributed by atoms with van der Waals surface area (Å²) in [5, 5.41) is 0. The molecule has 18 heavy (non-hydrogen) atoms. The summed E-state index contributed by atoms with van der Waals surface area (Å²) in [4.78, 5) is 11.2. The zero-order valence-corrected chi connectivity index (χ0v) is 11.7. The topological polar surface area (TPSA) is 60.4 Å². The van der Waals surface area contributed by atoms with Crippen LogP contribution in [0.3, 0.4) is 0 Å². The van der Waals surface area contributed by atoms with Crippen LogP contribution in [-0.2, 0) is 25.1 Å². The molecule has 100 valence electrons. The molecule has 0 fully saturated rings. The van der Waals surface area contributed by atoms with Gasteiger partial charge in [0, 0.05) is 0 Å². The van der Waals surface area contributed by atoms with Crippen LogP contribution < -0.4 is 0 Å². The molecule has 0 aromatic heterocycles. The van der Waals surface area contributed by atoms with Crippen LogP contribution >= 0.6 is 0 Å². The molecule has 1 aromatic carbocycles. The molecule has 0 atom stereocenters. The number of aryl methyl sites for hydroxylation is 2. The van der Waals surface area contributed by atoms with Gasteiger partial charge in [-0.25, -0.2) is 8.42 Å². The van der Waals surface area contributed by atoms with Gasteiger partial charge in [-0.05, 0) is 26.3 Å². The molecule has 0 saturated heterocycles. The van der Waals surface area contributed by atoms with Gasteiger partial charge in [-0.1, -0.05) is 29.3 Å². The zero-order valence-electron chi connectivity index (χ0n) is 10.9. The maximum Gasteiger partial charge on any atom is 0.321 e. The Morgan fingerprint density at radius 2 is 1.72 bits per heavy atom. The fourth-order valence-electron chi connectivity index (χ4n) is 1.84. The van der Waals surface area contributed by atoms with Gasteiger partial charge in [0.05, 0.1) is 12.4 Å². The first-order chi connectivity index (χ1) is 8.32. The van der Waals surface area contributed by atoms with Crippen molar-refractivity contribution in [2.75, 3.05) is 12.4 Å². The van der Waals surface area contributed by atoms with Gasteiger partial charge < -0.3 is 4.74 Å². The van der Waals surface area contributed by atoms with Gasteiger partial charge in [0.2, 0.25) is 0 Å². The van der Waals surface area contributed by atoms with E-state index in [0.717, 1.165) is 11.1 Å². The van der Waals surface area contributed by atoms with Crippen molar-refractivity contribution in [3.05, 3.63) is 34.9 Å². The Hall–Kier alpha value is -1.36. The molecule has 0 spiro atoms. The second-order valence-electron chi connectivity index (χ2n) is 4.33. The highest BCUT2D eigenvalue weighted by Crippen LogP contribution is 2.12. The monoisotopic (exact) mass is 270 g/mol. The highest BCUT2D eigenvalue weighted by molar-refractivity contribution is 7.91. The lowest BCUT2D eigenvalue weighted by Crippen LogP contribution is -2.20. The van der Waals surface area contributed by atoms with Crippen molar-refractivity contribution in [3.63, 3.8) is 0 Å². The van der Waals surface area contributed by atoms with Crippen LogP contribution in [0.4, 0.5) is 0 Å². The Morgan fingerprint density at radius 3 is 2.22 bits per heavy atom. The summed E-state index contributed by atoms with van der Waals surface area (Å²) < 4.78 is 28.3. The summed E-state index contributed by atoms with van der Waals surface area (Å²) >= 11 is 0. The van der Waals surface area contributed by atoms with Crippen molar-refractivity contribution in [3.8, 4) is 0 Å². The largest absolute Gasteiger partial charge is 0.465 e. The third-order valence-electron chi connectivity index (χ3n) is 2.31. The number of esters is 1. The van der Waals surface area contributed by atoms with Gasteiger partial charge >= 0.3 is 5.97 Å². The van der Waals surface area contributed by atoms with Crippen molar-refractivity contribution in [2.45, 2.75) is 26.5 Å². The van der Waals surface area contributed by atoms with E-state index in [2.05, 4.69) is 4.74 Å². The Labute approximate surface area is 108 Å². The number of rotatable bonds is 5. The van der Waals surface area contributed by atoms with Gasteiger partial charge in [-0.3, -0.25) is 4.79 Å². The van der Waals surface area contributed by atoms with E-state index in [9.17, 15) is 13.2 Å². The van der Waals surface area contributed by atoms with Crippen LogP contribution in [-0.4, -0.2) is 26.7 Å². The molecule has 4 nitrogen and oxygen atoms in total. The van der Waals surface area contributed by atoms with Crippen molar-refractivity contribution in [2.24, 2.45) is 0 Å². The number of benzene rings is 1. The molecule has 0 aliphatic rings. The van der Waals surface area contributed by atoms with Crippen molar-refractivity contribution >= 4 is 15.8 Å². The van der Waals surface area contributed by atoms with Gasteiger partial charge in [-0.2, -0.15) is 0 Å². The van der Waals surface area contributed by atoms with E-state index in [1.54, 1.807) is 6.92 Å². The molecule has 5 heteroatoms. The lowest BCUT2D eigenvalue weighted by atomic mass is 10.1. The quantitative estimate of drug-likeness (QED) is 0.765. The van der Waals surface area contributed by atoms with E-state index in [-0.39, 0.29) is 12.4 Å². The third-order valence-corrected chi connectivity index (χ3v) is 3.76. The standard InChI is InChI=1S/C13H18O4S/c1-4-17-13(14)9-18(15,16)8-12-6-10(2)5-11(3)7-12/h5-7H,4,8-9H2,1-3H3. The lowest BCUT2D eigenvalue weighted by molar-refractivity contribution is -0.139. The van der Waals surface area contributed by atoms with Crippen LogP contribution in [0.15, 0.2) is 18.2 Å². The molecule has 0 unspecified atom stereocenters. The fraction of sp³-hybridized carbons (Fsp3) is 0.462. The first kappa shape index (κ1) is 14.7. The first-order valence-electron chi connectivity index (χ1n) is 5.75. The molecular weight excluding hydrogens is 252 g/mol. The van der Waals surface area contributed by atoms with Crippen LogP contribution in [0.25, 0.3) is 0 Å². The zero-order chi connectivity index (χ0) is 13.8. The molecule has 1 aromatic rings. The maximum atomic E-state index is 11.8. The number of hydrogen-bond donors (Lipinski definition) is 0. The van der Waals surface area contributed by atoms with Crippen LogP contribution in [0.1, 0.15) is 23.6 Å². The second-order valence-corrected chi connectivity index (χ2v) is 6.40. The van der Waals surface area contributed by atoms with Gasteiger partial charge in [0.25, 0.3) is 0 Å². The minimum Gasteiger partial charge on any atom is -0.465 e. The Morgan fingerprint density at radius 1 is 1.17 bits per heavy atom. The van der Waals surface area contributed by atoms with Gasteiger partial charge in [0.15, 0.2) is 9.84 Å². The molecule has 0 heterocycles. The number of carbonyl (C=O) groups is 1. The van der Waals surface area contributed by atoms with E-state index in [1.807, 2.05) is 32.0 Å². The minimum atomic E-state index is -3.46. The predicted molar refractivity (Wildman–Crippen MR) is 70.0 cm³/mol. The molecule has 0 aliphatic carbocycles. The van der Waals surface area contributed by atoms with Gasteiger partial charge in [-0.15, -0.1) is 0 Å². The Balaban J connectivity index is 2.79. The van der Waals surface area contributed by atoms with E-state index in [0.29, 0.717) is 5.56 Å². The highest BCUT2D eigenvalue weighted by Gasteiger charge is 2.18. The molecule has 0 bridgehead atoms. The third kappa shape index (κ3) is 4.87. The van der Waals surface area contributed by atoms with Crippen molar-refractivity contribution in [1.82, 2.24) is 0 Å². The van der Waals surface area contributed by atoms with Crippen LogP contribution in [0.5, 0.6) is 0 Å². The molecule has 0 amide bonds. The summed E-state index contributed by atoms with van der Waals surface area (Å²) in [6.07, 6.45) is 0. The number of ether oxygens (including phenoxy) is 1. The van der Waals surface area contributed by atoms with E-state index in [1.165, 1.54) is 0 Å². The average Bonchev–Trinajstić information content (AvgIpc) is 2.13. The van der Waals surface area contributed by atoms with E-state index in [4.69, 9.17) is 0 Å². The SMILES string of the molecule is CCOC(=O)CS(=O)(=O)Cc1cc(C)cc(C)c1. The number of hydrogen-bond acceptors (Lipinski definition) is 4. The number of carbonyl (C=O) groups excluding carboxylic acids is 1. The van der Waals surface area contributed by atoms with Crippen molar-refractivity contribution in [1.29, 1.82) is 0 Å². The smallest absolute Gasteiger partial charge is 0.321 e. The Kier molecular flexibility index (Phi) is 4.90. The lowest BCUT2D eigenvalue weighted by Gasteiger charge is -2.06. The van der Waals surface area contributed by atoms with Crippen molar-refractivity contribution < 1.29 is 17.9 Å². The first-order valence-corrected chi connectivity index (χ1v) is 7.58. The number of sulfone groups is 1. The summed E-state index contributed by atoms with van der Waals surface area (Å²) in [5.41, 5.74) is 2.73. The molecule has 0 N–H and O–H groups in total. The molecular formula is C13H18O4S. The van der Waals surface area contributed by atoms with Crippen LogP contribution in [0.2, 0.25) is 0 Å². The van der Waals surface area contributed by atoms with E-state index >= 15 is 0 Å². The molecule has 0 radical (unpaired) electrons. The summed E-state index contributed by atoms with van der Waals surface area (Å²) in [6.45, 7) is 5.66. The highest BCUT2D eigenvalue weighted by atomic mass is 32.2. The normalized spacial score (nSPS) is 11.3. The molecule has 1 rings (SSSR count). The Bertz CT molecular complexity index is 512. The summed E-state index contributed by atoms with van der Waals surface area (Å²) in [5.74, 6) is -1.39. The van der Waals surface area contributed by atoms with Gasteiger partial charge in [0.1, 0.15) is 5.75 Å². The molecule has 0 saturated carbocycles. The maximum absolute atomic E-state index is 11.8. The second kappa shape index (κ2) is 6.00.